The number of nitrogens with one attached hydrogen (secondary N) is 2. The molecule has 0 saturated heterocycles. The summed E-state index contributed by atoms with van der Waals surface area (Å²) in [5.41, 5.74) is 0.941. The normalized spacial score (nSPS) is 12.0. The quantitative estimate of drug-likeness (QED) is 0.761. The van der Waals surface area contributed by atoms with Gasteiger partial charge < -0.3 is 15.7 Å². The number of aliphatic hydroxyl groups is 1. The number of para-hydroxylation sites is 1. The second-order valence-corrected chi connectivity index (χ2v) is 5.30. The first-order valence-electron chi connectivity index (χ1n) is 7.17. The lowest BCUT2D eigenvalue weighted by Gasteiger charge is -2.20. The van der Waals surface area contributed by atoms with Crippen molar-refractivity contribution in [1.29, 1.82) is 0 Å². The predicted molar refractivity (Wildman–Crippen MR) is 85.8 cm³/mol. The highest BCUT2D eigenvalue weighted by molar-refractivity contribution is 6.02. The molecule has 0 unspecified atom stereocenters. The number of hydrogen-bond acceptors (Lipinski definition) is 5. The van der Waals surface area contributed by atoms with Gasteiger partial charge in [-0.15, -0.1) is 10.2 Å². The van der Waals surface area contributed by atoms with E-state index in [2.05, 4.69) is 20.8 Å². The van der Waals surface area contributed by atoms with Gasteiger partial charge in [0.2, 0.25) is 0 Å². The maximum absolute atomic E-state index is 12.0. The maximum Gasteiger partial charge on any atom is 0.276 e. The number of hydrogen-bond donors (Lipinski definition) is 3. The molecule has 0 spiro atoms. The minimum absolute atomic E-state index is 0.00952. The Morgan fingerprint density at radius 1 is 1.14 bits per heavy atom. The van der Waals surface area contributed by atoms with E-state index in [1.54, 1.807) is 24.3 Å². The number of benzene rings is 1. The molecule has 1 aromatic carbocycles. The fraction of sp³-hybridized carbons (Fsp3) is 0.312. The second-order valence-electron chi connectivity index (χ2n) is 5.30. The Hall–Kier alpha value is -2.47. The number of nitrogens with zero attached hydrogens (tertiary/aromatic N) is 2. The van der Waals surface area contributed by atoms with E-state index in [4.69, 9.17) is 0 Å². The topological polar surface area (TPSA) is 87.1 Å². The lowest BCUT2D eigenvalue weighted by molar-refractivity contribution is 0.102. The Morgan fingerprint density at radius 2 is 1.86 bits per heavy atom. The van der Waals surface area contributed by atoms with E-state index in [-0.39, 0.29) is 30.2 Å². The summed E-state index contributed by atoms with van der Waals surface area (Å²) in [5.74, 6) is 0.477. The monoisotopic (exact) mass is 300 g/mol. The Kier molecular flexibility index (Phi) is 5.43. The molecule has 0 aliphatic heterocycles. The van der Waals surface area contributed by atoms with Gasteiger partial charge in [0.05, 0.1) is 12.6 Å². The third-order valence-corrected chi connectivity index (χ3v) is 3.26. The van der Waals surface area contributed by atoms with E-state index in [9.17, 15) is 9.90 Å². The van der Waals surface area contributed by atoms with Crippen LogP contribution in [0.1, 0.15) is 24.3 Å². The Balaban J connectivity index is 2.00. The molecular formula is C16H20N4O2. The second kappa shape index (κ2) is 7.51. The summed E-state index contributed by atoms with van der Waals surface area (Å²) in [5, 5.41) is 23.0. The number of aliphatic hydroxyl groups excluding tert-OH is 1. The summed E-state index contributed by atoms with van der Waals surface area (Å²) < 4.78 is 0. The zero-order chi connectivity index (χ0) is 15.9. The summed E-state index contributed by atoms with van der Waals surface area (Å²) in [4.78, 5) is 12.0. The van der Waals surface area contributed by atoms with Gasteiger partial charge in [-0.2, -0.15) is 0 Å². The number of aromatic nitrogens is 2. The van der Waals surface area contributed by atoms with Crippen molar-refractivity contribution in [1.82, 2.24) is 10.2 Å². The number of amides is 1. The van der Waals surface area contributed by atoms with Crippen molar-refractivity contribution in [2.24, 2.45) is 5.92 Å². The maximum atomic E-state index is 12.0. The van der Waals surface area contributed by atoms with Crippen molar-refractivity contribution >= 4 is 17.4 Å². The third kappa shape index (κ3) is 4.26. The van der Waals surface area contributed by atoms with E-state index in [1.807, 2.05) is 32.0 Å². The highest BCUT2D eigenvalue weighted by atomic mass is 16.3. The van der Waals surface area contributed by atoms with E-state index >= 15 is 0 Å². The molecule has 0 aliphatic rings. The van der Waals surface area contributed by atoms with E-state index in [0.717, 1.165) is 0 Å². The number of anilines is 2. The molecular weight excluding hydrogens is 280 g/mol. The highest BCUT2D eigenvalue weighted by Crippen LogP contribution is 2.11. The highest BCUT2D eigenvalue weighted by Gasteiger charge is 2.13. The molecule has 0 saturated carbocycles. The Morgan fingerprint density at radius 3 is 2.41 bits per heavy atom. The number of rotatable bonds is 6. The van der Waals surface area contributed by atoms with Crippen molar-refractivity contribution < 1.29 is 9.90 Å². The van der Waals surface area contributed by atoms with Gasteiger partial charge in [-0.05, 0) is 30.2 Å². The van der Waals surface area contributed by atoms with Gasteiger partial charge >= 0.3 is 0 Å². The Labute approximate surface area is 129 Å². The molecule has 0 bridgehead atoms. The minimum atomic E-state index is -0.312. The fourth-order valence-corrected chi connectivity index (χ4v) is 1.86. The molecule has 3 N–H and O–H groups in total. The van der Waals surface area contributed by atoms with Crippen molar-refractivity contribution in [3.8, 4) is 0 Å². The van der Waals surface area contributed by atoms with E-state index in [1.165, 1.54) is 0 Å². The van der Waals surface area contributed by atoms with Crippen molar-refractivity contribution in [3.05, 3.63) is 48.2 Å². The largest absolute Gasteiger partial charge is 0.394 e. The number of carbonyl (C=O) groups excluding carboxylic acids is 1. The molecule has 0 radical (unpaired) electrons. The van der Waals surface area contributed by atoms with Crippen molar-refractivity contribution in [3.63, 3.8) is 0 Å². The van der Waals surface area contributed by atoms with Gasteiger partial charge in [0, 0.05) is 5.69 Å². The minimum Gasteiger partial charge on any atom is -0.394 e. The summed E-state index contributed by atoms with van der Waals surface area (Å²) in [6.45, 7) is 4.02. The smallest absolute Gasteiger partial charge is 0.276 e. The van der Waals surface area contributed by atoms with Gasteiger partial charge in [0.1, 0.15) is 5.82 Å². The van der Waals surface area contributed by atoms with Crippen LogP contribution in [0.3, 0.4) is 0 Å². The number of carbonyl (C=O) groups is 1. The first-order valence-corrected chi connectivity index (χ1v) is 7.17. The standard InChI is InChI=1S/C16H20N4O2/c1-11(2)14(10-21)18-15-9-8-13(19-20-15)16(22)17-12-6-4-3-5-7-12/h3-9,11,14,21H,10H2,1-2H3,(H,17,22)(H,18,20)/t14-/m1/s1. The SMILES string of the molecule is CC(C)[C@@H](CO)Nc1ccc(C(=O)Nc2ccccc2)nn1. The van der Waals surface area contributed by atoms with Gasteiger partial charge in [0.25, 0.3) is 5.91 Å². The molecule has 1 heterocycles. The van der Waals surface area contributed by atoms with Crippen LogP contribution >= 0.6 is 0 Å². The molecule has 2 rings (SSSR count). The van der Waals surface area contributed by atoms with Crippen LogP contribution in [0.25, 0.3) is 0 Å². The third-order valence-electron chi connectivity index (χ3n) is 3.26. The average Bonchev–Trinajstić information content (AvgIpc) is 2.53. The molecule has 6 heteroatoms. The van der Waals surface area contributed by atoms with Crippen LogP contribution in [0.15, 0.2) is 42.5 Å². The lowest BCUT2D eigenvalue weighted by Crippen LogP contribution is -2.30. The van der Waals surface area contributed by atoms with Gasteiger partial charge in [-0.3, -0.25) is 4.79 Å². The molecule has 0 fully saturated rings. The first kappa shape index (κ1) is 15.9. The molecule has 2 aromatic rings. The molecule has 1 atom stereocenters. The lowest BCUT2D eigenvalue weighted by atomic mass is 10.1. The Bertz CT molecular complexity index is 599. The average molecular weight is 300 g/mol. The summed E-state index contributed by atoms with van der Waals surface area (Å²) in [6.07, 6.45) is 0. The predicted octanol–water partition coefficient (Wildman–Crippen LogP) is 2.16. The van der Waals surface area contributed by atoms with Crippen LogP contribution in [0.2, 0.25) is 0 Å². The zero-order valence-electron chi connectivity index (χ0n) is 12.7. The molecule has 0 aliphatic carbocycles. The summed E-state index contributed by atoms with van der Waals surface area (Å²) in [6, 6.07) is 12.3. The van der Waals surface area contributed by atoms with Crippen LogP contribution in [0.5, 0.6) is 0 Å². The molecule has 1 amide bonds. The van der Waals surface area contributed by atoms with Crippen LogP contribution in [0.4, 0.5) is 11.5 Å². The van der Waals surface area contributed by atoms with Gasteiger partial charge in [0.15, 0.2) is 5.69 Å². The van der Waals surface area contributed by atoms with Gasteiger partial charge in [-0.1, -0.05) is 32.0 Å². The van der Waals surface area contributed by atoms with E-state index in [0.29, 0.717) is 11.5 Å². The molecule has 22 heavy (non-hydrogen) atoms. The van der Waals surface area contributed by atoms with Crippen molar-refractivity contribution in [2.45, 2.75) is 19.9 Å². The zero-order valence-corrected chi connectivity index (χ0v) is 12.7. The first-order chi connectivity index (χ1) is 10.6. The van der Waals surface area contributed by atoms with Crippen LogP contribution in [0, 0.1) is 5.92 Å². The summed E-state index contributed by atoms with van der Waals surface area (Å²) >= 11 is 0. The fourth-order valence-electron chi connectivity index (χ4n) is 1.86. The van der Waals surface area contributed by atoms with Crippen LogP contribution in [-0.4, -0.2) is 33.9 Å². The van der Waals surface area contributed by atoms with Crippen molar-refractivity contribution in [2.75, 3.05) is 17.2 Å². The van der Waals surface area contributed by atoms with Crippen LogP contribution < -0.4 is 10.6 Å². The summed E-state index contributed by atoms with van der Waals surface area (Å²) in [7, 11) is 0. The van der Waals surface area contributed by atoms with E-state index < -0.39 is 0 Å². The molecule has 1 aromatic heterocycles. The van der Waals surface area contributed by atoms with Crippen LogP contribution in [-0.2, 0) is 0 Å². The van der Waals surface area contributed by atoms with Gasteiger partial charge in [-0.25, -0.2) is 0 Å². The molecule has 116 valence electrons. The molecule has 6 nitrogen and oxygen atoms in total.